The minimum Gasteiger partial charge on any atom is -0.484 e. The molecule has 8 nitrogen and oxygen atoms in total. The standard InChI is InChI=1S/C23H26N4O4/c1-5-10-24-22(29)23(30)27-25-13-18-6-8-19(9-7-18)31-14-20(28)26-21-16(3)11-15(2)12-17(21)4/h5-9,11-13H,1,10,14H2,2-4H3,(H,24,29)(H,26,28)(H,27,30)/b25-13-. The molecule has 8 heteroatoms. The van der Waals surface area contributed by atoms with E-state index in [-0.39, 0.29) is 19.1 Å². The average molecular weight is 422 g/mol. The van der Waals surface area contributed by atoms with Crippen LogP contribution in [0.15, 0.2) is 54.2 Å². The van der Waals surface area contributed by atoms with Gasteiger partial charge in [-0.3, -0.25) is 14.4 Å². The molecule has 0 spiro atoms. The second kappa shape index (κ2) is 11.3. The van der Waals surface area contributed by atoms with E-state index < -0.39 is 11.8 Å². The van der Waals surface area contributed by atoms with Gasteiger partial charge >= 0.3 is 11.8 Å². The quantitative estimate of drug-likeness (QED) is 0.263. The zero-order valence-electron chi connectivity index (χ0n) is 17.8. The van der Waals surface area contributed by atoms with E-state index in [1.807, 2.05) is 32.9 Å². The first kappa shape index (κ1) is 23.3. The summed E-state index contributed by atoms with van der Waals surface area (Å²) < 4.78 is 5.52. The molecule has 162 valence electrons. The number of ether oxygens (including phenoxy) is 1. The highest BCUT2D eigenvalue weighted by Gasteiger charge is 2.11. The monoisotopic (exact) mass is 422 g/mol. The van der Waals surface area contributed by atoms with Gasteiger partial charge in [0.05, 0.1) is 6.21 Å². The minimum atomic E-state index is -0.872. The Morgan fingerprint density at radius 2 is 1.68 bits per heavy atom. The lowest BCUT2D eigenvalue weighted by molar-refractivity contribution is -0.139. The van der Waals surface area contributed by atoms with Gasteiger partial charge in [0.2, 0.25) is 0 Å². The van der Waals surface area contributed by atoms with Gasteiger partial charge < -0.3 is 15.4 Å². The van der Waals surface area contributed by atoms with E-state index in [2.05, 4.69) is 27.7 Å². The molecule has 3 amide bonds. The number of nitrogens with zero attached hydrogens (tertiary/aromatic N) is 1. The maximum Gasteiger partial charge on any atom is 0.329 e. The van der Waals surface area contributed by atoms with Crippen LogP contribution in [0.1, 0.15) is 22.3 Å². The first-order valence-electron chi connectivity index (χ1n) is 9.63. The third-order valence-electron chi connectivity index (χ3n) is 4.18. The molecule has 0 bridgehead atoms. The molecular weight excluding hydrogens is 396 g/mol. The Kier molecular flexibility index (Phi) is 8.51. The van der Waals surface area contributed by atoms with Crippen LogP contribution in [0.5, 0.6) is 5.75 Å². The van der Waals surface area contributed by atoms with Crippen LogP contribution in [-0.4, -0.2) is 37.1 Å². The number of nitrogens with one attached hydrogen (secondary N) is 3. The molecule has 2 aromatic carbocycles. The molecule has 2 rings (SSSR count). The molecule has 0 aromatic heterocycles. The van der Waals surface area contributed by atoms with Crippen molar-refractivity contribution in [3.63, 3.8) is 0 Å². The normalized spacial score (nSPS) is 10.4. The SMILES string of the molecule is C=CCNC(=O)C(=O)N/N=C\c1ccc(OCC(=O)Nc2c(C)cc(C)cc2C)cc1. The fourth-order valence-corrected chi connectivity index (χ4v) is 2.81. The van der Waals surface area contributed by atoms with Crippen molar-refractivity contribution in [2.24, 2.45) is 5.10 Å². The molecule has 0 aliphatic carbocycles. The lowest BCUT2D eigenvalue weighted by Gasteiger charge is -2.13. The number of carbonyl (C=O) groups is 3. The number of hydrogen-bond acceptors (Lipinski definition) is 5. The molecule has 0 radical (unpaired) electrons. The van der Waals surface area contributed by atoms with Crippen LogP contribution in [0.4, 0.5) is 5.69 Å². The van der Waals surface area contributed by atoms with Gasteiger partial charge in [0, 0.05) is 12.2 Å². The molecule has 0 aliphatic rings. The zero-order chi connectivity index (χ0) is 22.8. The van der Waals surface area contributed by atoms with Gasteiger partial charge in [0.15, 0.2) is 6.61 Å². The van der Waals surface area contributed by atoms with Crippen molar-refractivity contribution < 1.29 is 19.1 Å². The van der Waals surface area contributed by atoms with Crippen molar-refractivity contribution in [3.05, 3.63) is 71.3 Å². The van der Waals surface area contributed by atoms with E-state index in [0.717, 1.165) is 22.4 Å². The van der Waals surface area contributed by atoms with Crippen LogP contribution in [0, 0.1) is 20.8 Å². The van der Waals surface area contributed by atoms with Crippen molar-refractivity contribution in [1.82, 2.24) is 10.7 Å². The average Bonchev–Trinajstić information content (AvgIpc) is 2.73. The van der Waals surface area contributed by atoms with Gasteiger partial charge in [-0.05, 0) is 61.7 Å². The van der Waals surface area contributed by atoms with Gasteiger partial charge in [-0.15, -0.1) is 6.58 Å². The summed E-state index contributed by atoms with van der Waals surface area (Å²) in [6.07, 6.45) is 2.85. The summed E-state index contributed by atoms with van der Waals surface area (Å²) in [6.45, 7) is 9.42. The van der Waals surface area contributed by atoms with Crippen LogP contribution < -0.4 is 20.8 Å². The summed E-state index contributed by atoms with van der Waals surface area (Å²) in [4.78, 5) is 35.1. The van der Waals surface area contributed by atoms with E-state index in [1.54, 1.807) is 24.3 Å². The van der Waals surface area contributed by atoms with E-state index in [4.69, 9.17) is 4.74 Å². The number of rotatable bonds is 8. The predicted octanol–water partition coefficient (Wildman–Crippen LogP) is 2.38. The topological polar surface area (TPSA) is 109 Å². The fraction of sp³-hybridized carbons (Fsp3) is 0.217. The van der Waals surface area contributed by atoms with Gasteiger partial charge in [0.1, 0.15) is 5.75 Å². The smallest absolute Gasteiger partial charge is 0.329 e. The predicted molar refractivity (Wildman–Crippen MR) is 120 cm³/mol. The highest BCUT2D eigenvalue weighted by atomic mass is 16.5. The van der Waals surface area contributed by atoms with Crippen molar-refractivity contribution >= 4 is 29.6 Å². The number of aryl methyl sites for hydroxylation is 3. The van der Waals surface area contributed by atoms with Crippen molar-refractivity contribution in [3.8, 4) is 5.75 Å². The van der Waals surface area contributed by atoms with E-state index in [1.165, 1.54) is 12.3 Å². The third-order valence-corrected chi connectivity index (χ3v) is 4.18. The Bertz CT molecular complexity index is 974. The zero-order valence-corrected chi connectivity index (χ0v) is 17.8. The van der Waals surface area contributed by atoms with Crippen LogP contribution in [0.25, 0.3) is 0 Å². The summed E-state index contributed by atoms with van der Waals surface area (Å²) in [7, 11) is 0. The van der Waals surface area contributed by atoms with Crippen LogP contribution >= 0.6 is 0 Å². The third kappa shape index (κ3) is 7.43. The summed E-state index contributed by atoms with van der Waals surface area (Å²) in [5.41, 5.74) is 6.74. The highest BCUT2D eigenvalue weighted by Crippen LogP contribution is 2.22. The molecule has 0 atom stereocenters. The van der Waals surface area contributed by atoms with E-state index in [9.17, 15) is 14.4 Å². The Hall–Kier alpha value is -3.94. The number of hydrazone groups is 1. The lowest BCUT2D eigenvalue weighted by atomic mass is 10.1. The van der Waals surface area contributed by atoms with Gasteiger partial charge in [0.25, 0.3) is 5.91 Å². The second-order valence-electron chi connectivity index (χ2n) is 6.88. The summed E-state index contributed by atoms with van der Waals surface area (Å²) in [5, 5.41) is 8.96. The van der Waals surface area contributed by atoms with Gasteiger partial charge in [-0.2, -0.15) is 5.10 Å². The van der Waals surface area contributed by atoms with Gasteiger partial charge in [-0.1, -0.05) is 23.8 Å². The molecule has 0 aliphatic heterocycles. The van der Waals surface area contributed by atoms with Crippen molar-refractivity contribution in [2.75, 3.05) is 18.5 Å². The fourth-order valence-electron chi connectivity index (χ4n) is 2.81. The molecule has 0 saturated carbocycles. The van der Waals surface area contributed by atoms with Gasteiger partial charge in [-0.25, -0.2) is 5.43 Å². The Morgan fingerprint density at radius 1 is 1.03 bits per heavy atom. The van der Waals surface area contributed by atoms with Crippen LogP contribution in [0.2, 0.25) is 0 Å². The first-order chi connectivity index (χ1) is 14.8. The summed E-state index contributed by atoms with van der Waals surface area (Å²) >= 11 is 0. The minimum absolute atomic E-state index is 0.129. The lowest BCUT2D eigenvalue weighted by Crippen LogP contribution is -2.37. The number of amides is 3. The first-order valence-corrected chi connectivity index (χ1v) is 9.63. The van der Waals surface area contributed by atoms with E-state index >= 15 is 0 Å². The molecule has 31 heavy (non-hydrogen) atoms. The van der Waals surface area contributed by atoms with E-state index in [0.29, 0.717) is 11.3 Å². The van der Waals surface area contributed by atoms with Crippen LogP contribution in [0.3, 0.4) is 0 Å². The van der Waals surface area contributed by atoms with Crippen LogP contribution in [-0.2, 0) is 14.4 Å². The number of hydrogen-bond donors (Lipinski definition) is 3. The summed E-state index contributed by atoms with van der Waals surface area (Å²) in [6, 6.07) is 10.8. The molecule has 0 fully saturated rings. The Labute approximate surface area is 181 Å². The maximum atomic E-state index is 12.2. The Morgan fingerprint density at radius 3 is 2.29 bits per heavy atom. The summed E-state index contributed by atoms with van der Waals surface area (Å²) in [5.74, 6) is -1.41. The van der Waals surface area contributed by atoms with Crippen molar-refractivity contribution in [1.29, 1.82) is 0 Å². The second-order valence-corrected chi connectivity index (χ2v) is 6.88. The highest BCUT2D eigenvalue weighted by molar-refractivity contribution is 6.35. The molecule has 3 N–H and O–H groups in total. The molecule has 0 heterocycles. The maximum absolute atomic E-state index is 12.2. The molecule has 0 saturated heterocycles. The van der Waals surface area contributed by atoms with Crippen molar-refractivity contribution in [2.45, 2.75) is 20.8 Å². The number of anilines is 1. The Balaban J connectivity index is 1.83. The largest absolute Gasteiger partial charge is 0.484 e. The molecule has 0 unspecified atom stereocenters. The number of carbonyl (C=O) groups excluding carboxylic acids is 3. The molecule has 2 aromatic rings. The molecular formula is C23H26N4O4. The number of benzene rings is 2.